The first-order valence-electron chi connectivity index (χ1n) is 10.0. The van der Waals surface area contributed by atoms with Gasteiger partial charge in [0, 0.05) is 54.3 Å². The summed E-state index contributed by atoms with van der Waals surface area (Å²) < 4.78 is 0. The third kappa shape index (κ3) is 5.02. The van der Waals surface area contributed by atoms with Crippen LogP contribution in [0.25, 0.3) is 33.9 Å². The molecule has 0 radical (unpaired) electrons. The van der Waals surface area contributed by atoms with E-state index < -0.39 is 0 Å². The van der Waals surface area contributed by atoms with Gasteiger partial charge in [0.2, 0.25) is 11.8 Å². The van der Waals surface area contributed by atoms with Crippen LogP contribution < -0.4 is 10.6 Å². The molecule has 0 aliphatic rings. The highest BCUT2D eigenvalue weighted by Gasteiger charge is 2.11. The van der Waals surface area contributed by atoms with Crippen LogP contribution in [0.2, 0.25) is 0 Å². The molecule has 2 amide bonds. The van der Waals surface area contributed by atoms with Gasteiger partial charge in [-0.1, -0.05) is 24.3 Å². The SMILES string of the molecule is CC(=O)Nc1ccc(-c2cc(-c3ccc(NC(C)=O)cc3)nc(-c3ccncc3)n2)cc1. The lowest BCUT2D eigenvalue weighted by Gasteiger charge is -2.10. The lowest BCUT2D eigenvalue weighted by molar-refractivity contribution is -0.115. The fourth-order valence-corrected chi connectivity index (χ4v) is 3.23. The van der Waals surface area contributed by atoms with Gasteiger partial charge in [-0.3, -0.25) is 14.6 Å². The number of carbonyl (C=O) groups is 2. The zero-order valence-corrected chi connectivity index (χ0v) is 17.7. The molecule has 0 aliphatic carbocycles. The molecule has 0 saturated heterocycles. The third-order valence-electron chi connectivity index (χ3n) is 4.67. The Kier molecular flexibility index (Phi) is 5.98. The number of rotatable bonds is 5. The van der Waals surface area contributed by atoms with Gasteiger partial charge in [-0.05, 0) is 42.5 Å². The average molecular weight is 423 g/mol. The van der Waals surface area contributed by atoms with Crippen molar-refractivity contribution in [1.82, 2.24) is 15.0 Å². The molecule has 4 rings (SSSR count). The second-order valence-electron chi connectivity index (χ2n) is 7.21. The zero-order chi connectivity index (χ0) is 22.5. The van der Waals surface area contributed by atoms with Crippen molar-refractivity contribution in [2.45, 2.75) is 13.8 Å². The van der Waals surface area contributed by atoms with Gasteiger partial charge in [0.15, 0.2) is 5.82 Å². The van der Waals surface area contributed by atoms with E-state index in [0.29, 0.717) is 5.82 Å². The van der Waals surface area contributed by atoms with Crippen molar-refractivity contribution in [2.24, 2.45) is 0 Å². The Morgan fingerprint density at radius 2 is 1.06 bits per heavy atom. The Morgan fingerprint density at radius 1 is 0.625 bits per heavy atom. The molecule has 0 spiro atoms. The van der Waals surface area contributed by atoms with Gasteiger partial charge in [0.05, 0.1) is 11.4 Å². The summed E-state index contributed by atoms with van der Waals surface area (Å²) in [6.45, 7) is 2.95. The normalized spacial score (nSPS) is 10.4. The predicted octanol–water partition coefficient (Wildman–Crippen LogP) is 4.79. The van der Waals surface area contributed by atoms with E-state index in [-0.39, 0.29) is 11.8 Å². The van der Waals surface area contributed by atoms with Crippen LogP contribution in [-0.4, -0.2) is 26.8 Å². The summed E-state index contributed by atoms with van der Waals surface area (Å²) in [5.74, 6) is 0.339. The van der Waals surface area contributed by atoms with E-state index >= 15 is 0 Å². The molecule has 158 valence electrons. The first kappa shape index (κ1) is 20.9. The molecule has 2 aromatic carbocycles. The Bertz CT molecular complexity index is 1180. The number of hydrogen-bond donors (Lipinski definition) is 2. The molecule has 0 bridgehead atoms. The molecule has 2 heterocycles. The number of nitrogens with one attached hydrogen (secondary N) is 2. The molecule has 0 saturated carbocycles. The van der Waals surface area contributed by atoms with Crippen LogP contribution in [-0.2, 0) is 9.59 Å². The van der Waals surface area contributed by atoms with Crippen LogP contribution >= 0.6 is 0 Å². The summed E-state index contributed by atoms with van der Waals surface area (Å²) in [4.78, 5) is 36.2. The Morgan fingerprint density at radius 3 is 1.47 bits per heavy atom. The van der Waals surface area contributed by atoms with E-state index in [1.165, 1.54) is 13.8 Å². The Labute approximate surface area is 185 Å². The fraction of sp³-hybridized carbons (Fsp3) is 0.0800. The predicted molar refractivity (Wildman–Crippen MR) is 125 cm³/mol. The zero-order valence-electron chi connectivity index (χ0n) is 17.7. The smallest absolute Gasteiger partial charge is 0.221 e. The van der Waals surface area contributed by atoms with Gasteiger partial charge >= 0.3 is 0 Å². The van der Waals surface area contributed by atoms with Crippen molar-refractivity contribution in [3.63, 3.8) is 0 Å². The maximum absolute atomic E-state index is 11.3. The summed E-state index contributed by atoms with van der Waals surface area (Å²) >= 11 is 0. The molecule has 7 nitrogen and oxygen atoms in total. The molecular formula is C25H21N5O2. The van der Waals surface area contributed by atoms with E-state index in [1.807, 2.05) is 66.7 Å². The number of carbonyl (C=O) groups excluding carboxylic acids is 2. The number of nitrogens with zero attached hydrogens (tertiary/aromatic N) is 3. The molecule has 4 aromatic rings. The van der Waals surface area contributed by atoms with Crippen LogP contribution in [0.5, 0.6) is 0 Å². The molecule has 0 fully saturated rings. The number of anilines is 2. The standard InChI is InChI=1S/C25H21N5O2/c1-16(31)27-21-7-3-18(4-8-21)23-15-24(19-5-9-22(10-6-19)28-17(2)32)30-25(29-23)20-11-13-26-14-12-20/h3-15H,1-2H3,(H,27,31)(H,28,32). The summed E-state index contributed by atoms with van der Waals surface area (Å²) in [7, 11) is 0. The molecule has 0 atom stereocenters. The van der Waals surface area contributed by atoms with Gasteiger partial charge in [0.25, 0.3) is 0 Å². The minimum absolute atomic E-state index is 0.121. The maximum atomic E-state index is 11.3. The summed E-state index contributed by atoms with van der Waals surface area (Å²) in [5, 5.41) is 5.54. The molecule has 2 N–H and O–H groups in total. The molecule has 32 heavy (non-hydrogen) atoms. The van der Waals surface area contributed by atoms with E-state index in [2.05, 4.69) is 15.6 Å². The summed E-state index contributed by atoms with van der Waals surface area (Å²) in [6.07, 6.45) is 3.41. The van der Waals surface area contributed by atoms with E-state index in [4.69, 9.17) is 9.97 Å². The molecule has 0 aliphatic heterocycles. The number of hydrogen-bond acceptors (Lipinski definition) is 5. The van der Waals surface area contributed by atoms with Gasteiger partial charge in [0.1, 0.15) is 0 Å². The molecular weight excluding hydrogens is 402 g/mol. The highest BCUT2D eigenvalue weighted by Crippen LogP contribution is 2.28. The van der Waals surface area contributed by atoms with E-state index in [1.54, 1.807) is 12.4 Å². The van der Waals surface area contributed by atoms with Gasteiger partial charge in [-0.25, -0.2) is 9.97 Å². The molecule has 0 unspecified atom stereocenters. The van der Waals surface area contributed by atoms with Crippen LogP contribution in [0, 0.1) is 0 Å². The number of pyridine rings is 1. The summed E-state index contributed by atoms with van der Waals surface area (Å²) in [6, 6.07) is 20.7. The average Bonchev–Trinajstić information content (AvgIpc) is 2.79. The number of benzene rings is 2. The maximum Gasteiger partial charge on any atom is 0.221 e. The van der Waals surface area contributed by atoms with Crippen molar-refractivity contribution in [2.75, 3.05) is 10.6 Å². The topological polar surface area (TPSA) is 96.9 Å². The second kappa shape index (κ2) is 9.18. The van der Waals surface area contributed by atoms with E-state index in [0.717, 1.165) is 39.5 Å². The third-order valence-corrected chi connectivity index (χ3v) is 4.67. The van der Waals surface area contributed by atoms with Crippen LogP contribution in [0.3, 0.4) is 0 Å². The molecule has 7 heteroatoms. The molecule has 2 aromatic heterocycles. The minimum atomic E-state index is -0.121. The van der Waals surface area contributed by atoms with E-state index in [9.17, 15) is 9.59 Å². The monoisotopic (exact) mass is 423 g/mol. The van der Waals surface area contributed by atoms with Crippen molar-refractivity contribution in [3.8, 4) is 33.9 Å². The van der Waals surface area contributed by atoms with Gasteiger partial charge < -0.3 is 10.6 Å². The Hall–Kier alpha value is -4.39. The highest BCUT2D eigenvalue weighted by molar-refractivity contribution is 5.89. The first-order valence-corrected chi connectivity index (χ1v) is 10.0. The number of amides is 2. The second-order valence-corrected chi connectivity index (χ2v) is 7.21. The van der Waals surface area contributed by atoms with Crippen LogP contribution in [0.4, 0.5) is 11.4 Å². The fourth-order valence-electron chi connectivity index (χ4n) is 3.23. The largest absolute Gasteiger partial charge is 0.326 e. The van der Waals surface area contributed by atoms with Crippen LogP contribution in [0.1, 0.15) is 13.8 Å². The van der Waals surface area contributed by atoms with Crippen molar-refractivity contribution in [3.05, 3.63) is 79.1 Å². The van der Waals surface area contributed by atoms with Crippen molar-refractivity contribution in [1.29, 1.82) is 0 Å². The van der Waals surface area contributed by atoms with Crippen LogP contribution in [0.15, 0.2) is 79.1 Å². The van der Waals surface area contributed by atoms with Crippen molar-refractivity contribution < 1.29 is 9.59 Å². The quantitative estimate of drug-likeness (QED) is 0.481. The Balaban J connectivity index is 1.76. The van der Waals surface area contributed by atoms with Gasteiger partial charge in [-0.15, -0.1) is 0 Å². The van der Waals surface area contributed by atoms with Crippen molar-refractivity contribution >= 4 is 23.2 Å². The summed E-state index contributed by atoms with van der Waals surface area (Å²) in [5.41, 5.74) is 5.59. The number of aromatic nitrogens is 3. The highest BCUT2D eigenvalue weighted by atomic mass is 16.2. The minimum Gasteiger partial charge on any atom is -0.326 e. The van der Waals surface area contributed by atoms with Gasteiger partial charge in [-0.2, -0.15) is 0 Å². The lowest BCUT2D eigenvalue weighted by atomic mass is 10.1. The lowest BCUT2D eigenvalue weighted by Crippen LogP contribution is -2.05. The first-order chi connectivity index (χ1) is 15.5.